The number of quaternary nitrogens is 1. The van der Waals surface area contributed by atoms with Crippen LogP contribution in [-0.2, 0) is 22.5 Å². The molecule has 0 radical (unpaired) electrons. The van der Waals surface area contributed by atoms with Crippen LogP contribution in [0.3, 0.4) is 0 Å². The molecular weight excluding hydrogens is 380 g/mol. The van der Waals surface area contributed by atoms with Gasteiger partial charge in [-0.1, -0.05) is 37.3 Å². The van der Waals surface area contributed by atoms with Gasteiger partial charge in [0.1, 0.15) is 19.2 Å². The number of fused-ring (bicyclic) bond motifs is 1. The quantitative estimate of drug-likeness (QED) is 0.660. The van der Waals surface area contributed by atoms with E-state index >= 15 is 0 Å². The van der Waals surface area contributed by atoms with E-state index in [4.69, 9.17) is 14.2 Å². The minimum atomic E-state index is -0.0870. The summed E-state index contributed by atoms with van der Waals surface area (Å²) in [5, 5.41) is 3.20. The molecule has 6 heteroatoms. The molecule has 3 rings (SSSR count). The molecule has 0 aliphatic carbocycles. The van der Waals surface area contributed by atoms with Crippen molar-refractivity contribution in [1.82, 2.24) is 5.32 Å². The van der Waals surface area contributed by atoms with Gasteiger partial charge in [0, 0.05) is 24.7 Å². The van der Waals surface area contributed by atoms with Crippen LogP contribution >= 0.6 is 0 Å². The van der Waals surface area contributed by atoms with Gasteiger partial charge in [-0.05, 0) is 24.1 Å². The molecule has 0 saturated heterocycles. The normalized spacial score (nSPS) is 18.9. The summed E-state index contributed by atoms with van der Waals surface area (Å²) < 4.78 is 16.2. The molecule has 0 aromatic heterocycles. The standard InChI is InChI=1S/C24H32N2O4/c1-5-20(25-23(27)16-28-2)24-19-14-22(30-4)21(29-3)13-18(19)11-12-26(24)15-17-9-7-6-8-10-17/h6-10,13-14,20,24H,5,11-12,15-16H2,1-4H3,(H,25,27)/p+1/t20-,24-/m0/s1. The number of benzene rings is 2. The van der Waals surface area contributed by atoms with Crippen molar-refractivity contribution in [3.63, 3.8) is 0 Å². The van der Waals surface area contributed by atoms with E-state index in [0.717, 1.165) is 37.4 Å². The van der Waals surface area contributed by atoms with Gasteiger partial charge in [0.15, 0.2) is 11.5 Å². The van der Waals surface area contributed by atoms with Crippen molar-refractivity contribution in [2.45, 2.75) is 38.4 Å². The molecule has 1 aliphatic heterocycles. The van der Waals surface area contributed by atoms with Crippen LogP contribution in [0.4, 0.5) is 0 Å². The first-order valence-corrected chi connectivity index (χ1v) is 10.5. The highest BCUT2D eigenvalue weighted by molar-refractivity contribution is 5.77. The van der Waals surface area contributed by atoms with Crippen LogP contribution in [0.15, 0.2) is 42.5 Å². The zero-order chi connectivity index (χ0) is 21.5. The summed E-state index contributed by atoms with van der Waals surface area (Å²) in [5.74, 6) is 1.38. The van der Waals surface area contributed by atoms with Crippen LogP contribution in [0.2, 0.25) is 0 Å². The van der Waals surface area contributed by atoms with Gasteiger partial charge < -0.3 is 24.4 Å². The molecule has 2 aromatic rings. The Morgan fingerprint density at radius 1 is 1.13 bits per heavy atom. The molecular formula is C24H33N2O4+. The summed E-state index contributed by atoms with van der Waals surface area (Å²) in [5.41, 5.74) is 3.77. The van der Waals surface area contributed by atoms with Crippen LogP contribution in [0.5, 0.6) is 11.5 Å². The number of hydrogen-bond donors (Lipinski definition) is 2. The summed E-state index contributed by atoms with van der Waals surface area (Å²) in [6.07, 6.45) is 1.78. The Bertz CT molecular complexity index is 841. The Morgan fingerprint density at radius 2 is 1.83 bits per heavy atom. The fourth-order valence-electron chi connectivity index (χ4n) is 4.47. The molecule has 30 heavy (non-hydrogen) atoms. The van der Waals surface area contributed by atoms with Crippen molar-refractivity contribution >= 4 is 5.91 Å². The number of hydrogen-bond acceptors (Lipinski definition) is 4. The Balaban J connectivity index is 2.00. The van der Waals surface area contributed by atoms with Gasteiger partial charge in [0.25, 0.3) is 0 Å². The molecule has 0 saturated carbocycles. The van der Waals surface area contributed by atoms with Crippen LogP contribution in [-0.4, -0.2) is 46.4 Å². The fraction of sp³-hybridized carbons (Fsp3) is 0.458. The Kier molecular flexibility index (Phi) is 7.71. The van der Waals surface area contributed by atoms with Crippen molar-refractivity contribution in [1.29, 1.82) is 0 Å². The summed E-state index contributed by atoms with van der Waals surface area (Å²) in [4.78, 5) is 13.8. The lowest BCUT2D eigenvalue weighted by Crippen LogP contribution is -3.13. The molecule has 1 heterocycles. The minimum absolute atomic E-state index is 0.0106. The third kappa shape index (κ3) is 4.94. The first-order valence-electron chi connectivity index (χ1n) is 10.5. The van der Waals surface area contributed by atoms with Crippen LogP contribution in [0.1, 0.15) is 36.1 Å². The molecule has 3 atom stereocenters. The second kappa shape index (κ2) is 10.5. The maximum Gasteiger partial charge on any atom is 0.246 e. The van der Waals surface area contributed by atoms with Gasteiger partial charge in [0.2, 0.25) is 5.91 Å². The lowest BCUT2D eigenvalue weighted by molar-refractivity contribution is -0.948. The highest BCUT2D eigenvalue weighted by atomic mass is 16.5. The number of nitrogens with one attached hydrogen (secondary N) is 2. The number of rotatable bonds is 9. The summed E-state index contributed by atoms with van der Waals surface area (Å²) in [6, 6.07) is 14.8. The lowest BCUT2D eigenvalue weighted by Gasteiger charge is -2.39. The Hall–Kier alpha value is -2.57. The number of methoxy groups -OCH3 is 3. The highest BCUT2D eigenvalue weighted by Gasteiger charge is 2.38. The number of carbonyl (C=O) groups is 1. The largest absolute Gasteiger partial charge is 0.493 e. The van der Waals surface area contributed by atoms with E-state index < -0.39 is 0 Å². The van der Waals surface area contributed by atoms with E-state index in [1.165, 1.54) is 21.6 Å². The topological polar surface area (TPSA) is 61.2 Å². The molecule has 0 spiro atoms. The van der Waals surface area contributed by atoms with Gasteiger partial charge in [0.05, 0.1) is 26.8 Å². The van der Waals surface area contributed by atoms with Gasteiger partial charge in [-0.3, -0.25) is 4.79 Å². The SMILES string of the molecule is CC[C@H](NC(=O)COC)[C@@H]1c2cc(OC)c(OC)cc2CC[NH+]1Cc1ccccc1. The second-order valence-electron chi connectivity index (χ2n) is 7.72. The van der Waals surface area contributed by atoms with Crippen molar-refractivity contribution in [3.8, 4) is 11.5 Å². The molecule has 162 valence electrons. The lowest BCUT2D eigenvalue weighted by atomic mass is 9.86. The van der Waals surface area contributed by atoms with Crippen LogP contribution < -0.4 is 19.7 Å². The average molecular weight is 414 g/mol. The van der Waals surface area contributed by atoms with Gasteiger partial charge in [-0.25, -0.2) is 0 Å². The predicted octanol–water partition coefficient (Wildman–Crippen LogP) is 1.93. The maximum atomic E-state index is 12.4. The third-order valence-electron chi connectivity index (χ3n) is 5.87. The van der Waals surface area contributed by atoms with Gasteiger partial charge in [-0.2, -0.15) is 0 Å². The van der Waals surface area contributed by atoms with E-state index in [2.05, 4.69) is 48.6 Å². The zero-order valence-corrected chi connectivity index (χ0v) is 18.4. The van der Waals surface area contributed by atoms with Crippen LogP contribution in [0.25, 0.3) is 0 Å². The van der Waals surface area contributed by atoms with E-state index in [9.17, 15) is 4.79 Å². The molecule has 6 nitrogen and oxygen atoms in total. The smallest absolute Gasteiger partial charge is 0.246 e. The average Bonchev–Trinajstić information content (AvgIpc) is 2.77. The molecule has 1 unspecified atom stereocenters. The molecule has 1 amide bonds. The van der Waals surface area contributed by atoms with E-state index in [-0.39, 0.29) is 24.6 Å². The number of amides is 1. The van der Waals surface area contributed by atoms with Crippen LogP contribution in [0, 0.1) is 0 Å². The monoisotopic (exact) mass is 413 g/mol. The summed E-state index contributed by atoms with van der Waals surface area (Å²) >= 11 is 0. The summed E-state index contributed by atoms with van der Waals surface area (Å²) in [7, 11) is 4.87. The van der Waals surface area contributed by atoms with Gasteiger partial charge in [-0.15, -0.1) is 0 Å². The fourth-order valence-corrected chi connectivity index (χ4v) is 4.47. The number of ether oxygens (including phenoxy) is 3. The van der Waals surface area contributed by atoms with Gasteiger partial charge >= 0.3 is 0 Å². The van der Waals surface area contributed by atoms with E-state index in [1.54, 1.807) is 21.3 Å². The predicted molar refractivity (Wildman–Crippen MR) is 116 cm³/mol. The molecule has 2 N–H and O–H groups in total. The minimum Gasteiger partial charge on any atom is -0.493 e. The van der Waals surface area contributed by atoms with Crippen molar-refractivity contribution in [2.24, 2.45) is 0 Å². The highest BCUT2D eigenvalue weighted by Crippen LogP contribution is 2.35. The van der Waals surface area contributed by atoms with Crippen molar-refractivity contribution < 1.29 is 23.9 Å². The first kappa shape index (κ1) is 22.1. The Labute approximate surface area is 179 Å². The Morgan fingerprint density at radius 3 is 2.47 bits per heavy atom. The first-order chi connectivity index (χ1) is 14.6. The zero-order valence-electron chi connectivity index (χ0n) is 18.4. The second-order valence-corrected chi connectivity index (χ2v) is 7.72. The molecule has 0 fully saturated rings. The van der Waals surface area contributed by atoms with E-state index in [0.29, 0.717) is 0 Å². The summed E-state index contributed by atoms with van der Waals surface area (Å²) in [6.45, 7) is 4.07. The van der Waals surface area contributed by atoms with E-state index in [1.807, 2.05) is 6.07 Å². The molecule has 1 aliphatic rings. The van der Waals surface area contributed by atoms with Crippen molar-refractivity contribution in [2.75, 3.05) is 34.5 Å². The van der Waals surface area contributed by atoms with Crippen molar-refractivity contribution in [3.05, 3.63) is 59.2 Å². The molecule has 2 aromatic carbocycles. The third-order valence-corrected chi connectivity index (χ3v) is 5.87. The maximum absolute atomic E-state index is 12.4. The molecule has 0 bridgehead atoms. The number of carbonyl (C=O) groups excluding carboxylic acids is 1.